The van der Waals surface area contributed by atoms with Gasteiger partial charge in [0.05, 0.1) is 12.7 Å². The fourth-order valence-corrected chi connectivity index (χ4v) is 3.82. The largest absolute Gasteiger partial charge is 0.383 e. The van der Waals surface area contributed by atoms with Crippen LogP contribution in [0, 0.1) is 5.92 Å². The Morgan fingerprint density at radius 3 is 2.80 bits per heavy atom. The summed E-state index contributed by atoms with van der Waals surface area (Å²) in [4.78, 5) is 7.17. The minimum Gasteiger partial charge on any atom is -0.383 e. The average Bonchev–Trinajstić information content (AvgIpc) is 3.39. The Morgan fingerprint density at radius 1 is 1.30 bits per heavy atom. The van der Waals surface area contributed by atoms with Crippen LogP contribution in [-0.2, 0) is 19.1 Å². The second-order valence-electron chi connectivity index (χ2n) is 8.44. The summed E-state index contributed by atoms with van der Waals surface area (Å²) in [6.45, 7) is 9.17. The maximum absolute atomic E-state index is 10.8. The Labute approximate surface area is 180 Å². The molecule has 0 saturated carbocycles. The number of aryl methyl sites for hydroxylation is 1. The molecule has 1 aliphatic heterocycles. The molecule has 0 radical (unpaired) electrons. The predicted molar refractivity (Wildman–Crippen MR) is 121 cm³/mol. The smallest absolute Gasteiger partial charge is 0.191 e. The highest BCUT2D eigenvalue weighted by atomic mass is 16.3. The van der Waals surface area contributed by atoms with Crippen molar-refractivity contribution < 1.29 is 5.11 Å². The molecule has 1 aromatic heterocycles. The summed E-state index contributed by atoms with van der Waals surface area (Å²) in [6.07, 6.45) is 5.83. The molecule has 3 rings (SSSR count). The van der Waals surface area contributed by atoms with E-state index in [1.54, 1.807) is 17.8 Å². The molecule has 0 spiro atoms. The summed E-state index contributed by atoms with van der Waals surface area (Å²) in [5, 5.41) is 21.7. The normalized spacial score (nSPS) is 19.6. The molecule has 7 nitrogen and oxygen atoms in total. The first-order chi connectivity index (χ1) is 14.5. The molecule has 0 amide bonds. The van der Waals surface area contributed by atoms with Crippen molar-refractivity contribution in [3.63, 3.8) is 0 Å². The van der Waals surface area contributed by atoms with Crippen molar-refractivity contribution in [2.24, 2.45) is 18.0 Å². The Kier molecular flexibility index (Phi) is 7.87. The first-order valence-corrected chi connectivity index (χ1v) is 11.0. The number of likely N-dealkylation sites (tertiary alicyclic amines) is 1. The number of hydrogen-bond acceptors (Lipinski definition) is 4. The number of benzene rings is 1. The number of aromatic nitrogens is 2. The highest BCUT2D eigenvalue weighted by Gasteiger charge is 2.25. The molecule has 1 aliphatic rings. The van der Waals surface area contributed by atoms with Crippen LogP contribution >= 0.6 is 0 Å². The zero-order valence-electron chi connectivity index (χ0n) is 18.5. The van der Waals surface area contributed by atoms with E-state index in [4.69, 9.17) is 0 Å². The van der Waals surface area contributed by atoms with E-state index in [2.05, 4.69) is 62.9 Å². The fourth-order valence-electron chi connectivity index (χ4n) is 3.82. The SMILES string of the molecule is CCNC(=NCC(C)(O)c1cnn(C)c1)NCC1CCN(CCc2ccccc2)C1. The third-order valence-corrected chi connectivity index (χ3v) is 5.70. The maximum atomic E-state index is 10.8. The molecule has 0 bridgehead atoms. The zero-order valence-corrected chi connectivity index (χ0v) is 18.5. The van der Waals surface area contributed by atoms with Crippen LogP contribution in [0.2, 0.25) is 0 Å². The topological polar surface area (TPSA) is 77.7 Å². The number of aliphatic hydroxyl groups is 1. The van der Waals surface area contributed by atoms with Gasteiger partial charge in [-0.25, -0.2) is 4.99 Å². The Hall–Kier alpha value is -2.38. The molecule has 2 atom stereocenters. The van der Waals surface area contributed by atoms with Crippen LogP contribution < -0.4 is 10.6 Å². The highest BCUT2D eigenvalue weighted by Crippen LogP contribution is 2.20. The molecule has 2 aromatic rings. The summed E-state index contributed by atoms with van der Waals surface area (Å²) < 4.78 is 1.70. The summed E-state index contributed by atoms with van der Waals surface area (Å²) in [7, 11) is 1.85. The van der Waals surface area contributed by atoms with Gasteiger partial charge in [-0.1, -0.05) is 30.3 Å². The van der Waals surface area contributed by atoms with Gasteiger partial charge >= 0.3 is 0 Å². The van der Waals surface area contributed by atoms with Crippen molar-refractivity contribution in [3.8, 4) is 0 Å². The van der Waals surface area contributed by atoms with Crippen LogP contribution in [0.5, 0.6) is 0 Å². The molecule has 0 aliphatic carbocycles. The lowest BCUT2D eigenvalue weighted by Crippen LogP contribution is -2.41. The van der Waals surface area contributed by atoms with Gasteiger partial charge in [-0.05, 0) is 44.7 Å². The van der Waals surface area contributed by atoms with Gasteiger partial charge in [-0.15, -0.1) is 0 Å². The first kappa shape index (κ1) is 22.3. The van der Waals surface area contributed by atoms with Gasteiger partial charge in [-0.3, -0.25) is 4.68 Å². The van der Waals surface area contributed by atoms with Gasteiger partial charge in [0.1, 0.15) is 5.60 Å². The molecule has 30 heavy (non-hydrogen) atoms. The molecule has 164 valence electrons. The number of nitrogens with one attached hydrogen (secondary N) is 2. The third-order valence-electron chi connectivity index (χ3n) is 5.70. The van der Waals surface area contributed by atoms with Gasteiger partial charge < -0.3 is 20.6 Å². The first-order valence-electron chi connectivity index (χ1n) is 11.0. The van der Waals surface area contributed by atoms with Crippen molar-refractivity contribution in [2.45, 2.75) is 32.3 Å². The van der Waals surface area contributed by atoms with Crippen LogP contribution in [0.25, 0.3) is 0 Å². The van der Waals surface area contributed by atoms with E-state index in [0.717, 1.165) is 50.7 Å². The van der Waals surface area contributed by atoms with E-state index in [1.165, 1.54) is 12.0 Å². The van der Waals surface area contributed by atoms with Crippen molar-refractivity contribution in [3.05, 3.63) is 53.9 Å². The monoisotopic (exact) mass is 412 g/mol. The lowest BCUT2D eigenvalue weighted by Gasteiger charge is -2.21. The number of aliphatic imine (C=N–C) groups is 1. The lowest BCUT2D eigenvalue weighted by atomic mass is 10.0. The van der Waals surface area contributed by atoms with Crippen LogP contribution in [0.3, 0.4) is 0 Å². The minimum atomic E-state index is -1.04. The number of guanidine groups is 1. The van der Waals surface area contributed by atoms with Crippen molar-refractivity contribution in [2.75, 3.05) is 39.3 Å². The molecule has 1 fully saturated rings. The van der Waals surface area contributed by atoms with E-state index in [9.17, 15) is 5.11 Å². The predicted octanol–water partition coefficient (Wildman–Crippen LogP) is 1.75. The van der Waals surface area contributed by atoms with Gasteiger partial charge in [-0.2, -0.15) is 5.10 Å². The Balaban J connectivity index is 1.45. The Morgan fingerprint density at radius 2 is 2.10 bits per heavy atom. The maximum Gasteiger partial charge on any atom is 0.191 e. The van der Waals surface area contributed by atoms with Gasteiger partial charge in [0.2, 0.25) is 0 Å². The molecular formula is C23H36N6O. The zero-order chi connectivity index (χ0) is 21.4. The molecule has 1 aromatic carbocycles. The lowest BCUT2D eigenvalue weighted by molar-refractivity contribution is 0.0671. The van der Waals surface area contributed by atoms with Crippen LogP contribution in [0.4, 0.5) is 0 Å². The summed E-state index contributed by atoms with van der Waals surface area (Å²) in [5.41, 5.74) is 1.13. The van der Waals surface area contributed by atoms with E-state index in [0.29, 0.717) is 5.92 Å². The van der Waals surface area contributed by atoms with Gasteiger partial charge in [0, 0.05) is 45.0 Å². The average molecular weight is 413 g/mol. The molecule has 7 heteroatoms. The minimum absolute atomic E-state index is 0.280. The van der Waals surface area contributed by atoms with Crippen molar-refractivity contribution in [1.82, 2.24) is 25.3 Å². The Bertz CT molecular complexity index is 801. The van der Waals surface area contributed by atoms with Gasteiger partial charge in [0.25, 0.3) is 0 Å². The van der Waals surface area contributed by atoms with Gasteiger partial charge in [0.15, 0.2) is 5.96 Å². The molecule has 1 saturated heterocycles. The summed E-state index contributed by atoms with van der Waals surface area (Å²) >= 11 is 0. The molecular weight excluding hydrogens is 376 g/mol. The number of rotatable bonds is 9. The third kappa shape index (κ3) is 6.57. The van der Waals surface area contributed by atoms with Crippen molar-refractivity contribution in [1.29, 1.82) is 0 Å². The van der Waals surface area contributed by atoms with E-state index < -0.39 is 5.60 Å². The summed E-state index contributed by atoms with van der Waals surface area (Å²) in [6, 6.07) is 10.7. The highest BCUT2D eigenvalue weighted by molar-refractivity contribution is 5.79. The number of nitrogens with zero attached hydrogens (tertiary/aromatic N) is 4. The second-order valence-corrected chi connectivity index (χ2v) is 8.44. The molecule has 2 unspecified atom stereocenters. The number of hydrogen-bond donors (Lipinski definition) is 3. The molecule has 3 N–H and O–H groups in total. The molecule has 2 heterocycles. The van der Waals surface area contributed by atoms with E-state index in [-0.39, 0.29) is 6.54 Å². The van der Waals surface area contributed by atoms with Crippen molar-refractivity contribution >= 4 is 5.96 Å². The van der Waals surface area contributed by atoms with E-state index in [1.807, 2.05) is 13.2 Å². The standard InChI is InChI=1S/C23H36N6O/c1-4-24-22(26-18-23(2,30)21-15-27-28(3)17-21)25-14-20-11-13-29(16-20)12-10-19-8-6-5-7-9-19/h5-9,15,17,20,30H,4,10-14,16,18H2,1-3H3,(H2,24,25,26). The van der Waals surface area contributed by atoms with E-state index >= 15 is 0 Å². The fraction of sp³-hybridized carbons (Fsp3) is 0.565. The van der Waals surface area contributed by atoms with Crippen LogP contribution in [0.15, 0.2) is 47.7 Å². The summed E-state index contributed by atoms with van der Waals surface area (Å²) in [5.74, 6) is 1.37. The quantitative estimate of drug-likeness (QED) is 0.432. The second kappa shape index (κ2) is 10.6. The van der Waals surface area contributed by atoms with Crippen LogP contribution in [0.1, 0.15) is 31.4 Å². The van der Waals surface area contributed by atoms with Crippen LogP contribution in [-0.4, -0.2) is 65.0 Å².